The SMILES string of the molecule is CC(C)(C)c1ccc(NC(=O)Cc2ccccc2Br)cc1. The van der Waals surface area contributed by atoms with Crippen molar-refractivity contribution in [1.82, 2.24) is 0 Å². The quantitative estimate of drug-likeness (QED) is 0.839. The highest BCUT2D eigenvalue weighted by molar-refractivity contribution is 9.10. The number of rotatable bonds is 3. The summed E-state index contributed by atoms with van der Waals surface area (Å²) in [5.74, 6) is -0.00888. The molecule has 0 aromatic heterocycles. The van der Waals surface area contributed by atoms with Gasteiger partial charge in [-0.05, 0) is 34.7 Å². The minimum atomic E-state index is -0.00888. The van der Waals surface area contributed by atoms with E-state index in [4.69, 9.17) is 0 Å². The molecule has 2 aromatic rings. The van der Waals surface area contributed by atoms with Gasteiger partial charge in [0.05, 0.1) is 6.42 Å². The van der Waals surface area contributed by atoms with Crippen molar-refractivity contribution >= 4 is 27.5 Å². The molecule has 0 saturated carbocycles. The Bertz CT molecular complexity index is 626. The zero-order valence-corrected chi connectivity index (χ0v) is 14.2. The van der Waals surface area contributed by atoms with Gasteiger partial charge >= 0.3 is 0 Å². The van der Waals surface area contributed by atoms with E-state index in [1.807, 2.05) is 36.4 Å². The van der Waals surface area contributed by atoms with Gasteiger partial charge in [-0.15, -0.1) is 0 Å². The second-order valence-electron chi connectivity index (χ2n) is 6.14. The predicted octanol–water partition coefficient (Wildman–Crippen LogP) is 4.93. The number of carbonyl (C=O) groups is 1. The van der Waals surface area contributed by atoms with Crippen LogP contribution in [0.4, 0.5) is 5.69 Å². The minimum absolute atomic E-state index is 0.00888. The van der Waals surface area contributed by atoms with Crippen LogP contribution in [0.25, 0.3) is 0 Å². The fourth-order valence-electron chi connectivity index (χ4n) is 2.07. The highest BCUT2D eigenvalue weighted by atomic mass is 79.9. The Balaban J connectivity index is 2.02. The Morgan fingerprint density at radius 3 is 2.24 bits per heavy atom. The summed E-state index contributed by atoms with van der Waals surface area (Å²) in [6.45, 7) is 6.52. The molecule has 0 aliphatic rings. The third kappa shape index (κ3) is 4.43. The molecule has 3 heteroatoms. The standard InChI is InChI=1S/C18H20BrNO/c1-18(2,3)14-8-10-15(11-9-14)20-17(21)12-13-6-4-5-7-16(13)19/h4-11H,12H2,1-3H3,(H,20,21). The van der Waals surface area contributed by atoms with E-state index < -0.39 is 0 Å². The molecule has 0 heterocycles. The van der Waals surface area contributed by atoms with Crippen LogP contribution in [0.5, 0.6) is 0 Å². The van der Waals surface area contributed by atoms with E-state index in [9.17, 15) is 4.79 Å². The van der Waals surface area contributed by atoms with Crippen molar-refractivity contribution in [1.29, 1.82) is 0 Å². The Morgan fingerprint density at radius 1 is 1.05 bits per heavy atom. The normalized spacial score (nSPS) is 11.2. The van der Waals surface area contributed by atoms with E-state index >= 15 is 0 Å². The smallest absolute Gasteiger partial charge is 0.228 e. The zero-order valence-electron chi connectivity index (χ0n) is 12.6. The van der Waals surface area contributed by atoms with E-state index in [-0.39, 0.29) is 11.3 Å². The number of anilines is 1. The van der Waals surface area contributed by atoms with Gasteiger partial charge in [0.2, 0.25) is 5.91 Å². The molecule has 110 valence electrons. The average Bonchev–Trinajstić information content (AvgIpc) is 2.41. The molecule has 0 saturated heterocycles. The summed E-state index contributed by atoms with van der Waals surface area (Å²) in [6, 6.07) is 15.8. The number of amides is 1. The first-order chi connectivity index (χ1) is 9.86. The molecule has 1 N–H and O–H groups in total. The average molecular weight is 346 g/mol. The lowest BCUT2D eigenvalue weighted by Crippen LogP contribution is -2.15. The summed E-state index contributed by atoms with van der Waals surface area (Å²) < 4.78 is 0.961. The maximum Gasteiger partial charge on any atom is 0.228 e. The van der Waals surface area contributed by atoms with Crippen LogP contribution in [0.15, 0.2) is 53.0 Å². The molecule has 0 spiro atoms. The number of hydrogen-bond donors (Lipinski definition) is 1. The van der Waals surface area contributed by atoms with Gasteiger partial charge in [0.25, 0.3) is 0 Å². The minimum Gasteiger partial charge on any atom is -0.326 e. The number of carbonyl (C=O) groups excluding carboxylic acids is 1. The van der Waals surface area contributed by atoms with Gasteiger partial charge in [0.1, 0.15) is 0 Å². The first-order valence-corrected chi connectivity index (χ1v) is 7.79. The van der Waals surface area contributed by atoms with Crippen molar-refractivity contribution in [3.8, 4) is 0 Å². The molecular formula is C18H20BrNO. The van der Waals surface area contributed by atoms with E-state index in [0.29, 0.717) is 6.42 Å². The third-order valence-electron chi connectivity index (χ3n) is 3.34. The lowest BCUT2D eigenvalue weighted by molar-refractivity contribution is -0.115. The van der Waals surface area contributed by atoms with Gasteiger partial charge in [-0.25, -0.2) is 0 Å². The van der Waals surface area contributed by atoms with Gasteiger partial charge in [0.15, 0.2) is 0 Å². The largest absolute Gasteiger partial charge is 0.326 e. The summed E-state index contributed by atoms with van der Waals surface area (Å²) in [7, 11) is 0. The summed E-state index contributed by atoms with van der Waals surface area (Å²) >= 11 is 3.46. The lowest BCUT2D eigenvalue weighted by atomic mass is 9.87. The molecule has 0 aliphatic carbocycles. The molecule has 2 aromatic carbocycles. The van der Waals surface area contributed by atoms with Crippen molar-refractivity contribution in [3.63, 3.8) is 0 Å². The maximum atomic E-state index is 12.1. The van der Waals surface area contributed by atoms with Gasteiger partial charge in [-0.2, -0.15) is 0 Å². The molecule has 21 heavy (non-hydrogen) atoms. The molecule has 0 aliphatic heterocycles. The van der Waals surface area contributed by atoms with E-state index in [2.05, 4.69) is 54.2 Å². The monoisotopic (exact) mass is 345 g/mol. The Kier molecular flexibility index (Phi) is 4.84. The van der Waals surface area contributed by atoms with E-state index in [1.165, 1.54) is 5.56 Å². The van der Waals surface area contributed by atoms with E-state index in [0.717, 1.165) is 15.7 Å². The Labute approximate surface area is 134 Å². The van der Waals surface area contributed by atoms with Crippen molar-refractivity contribution in [2.75, 3.05) is 5.32 Å². The second kappa shape index (κ2) is 6.44. The first kappa shape index (κ1) is 15.8. The summed E-state index contributed by atoms with van der Waals surface area (Å²) in [4.78, 5) is 12.1. The van der Waals surface area contributed by atoms with E-state index in [1.54, 1.807) is 0 Å². The Morgan fingerprint density at radius 2 is 1.67 bits per heavy atom. The summed E-state index contributed by atoms with van der Waals surface area (Å²) in [5.41, 5.74) is 3.20. The van der Waals surface area contributed by atoms with Gasteiger partial charge in [-0.1, -0.05) is 67.0 Å². The lowest BCUT2D eigenvalue weighted by Gasteiger charge is -2.19. The van der Waals surface area contributed by atoms with Crippen LogP contribution in [0.3, 0.4) is 0 Å². The number of halogens is 1. The topological polar surface area (TPSA) is 29.1 Å². The molecule has 0 radical (unpaired) electrons. The van der Waals surface area contributed by atoms with Crippen LogP contribution in [-0.2, 0) is 16.6 Å². The molecule has 0 unspecified atom stereocenters. The first-order valence-electron chi connectivity index (χ1n) is 7.00. The third-order valence-corrected chi connectivity index (χ3v) is 4.12. The van der Waals surface area contributed by atoms with Crippen molar-refractivity contribution in [2.45, 2.75) is 32.6 Å². The molecule has 1 amide bonds. The van der Waals surface area contributed by atoms with Crippen molar-refractivity contribution in [3.05, 3.63) is 64.1 Å². The number of hydrogen-bond acceptors (Lipinski definition) is 1. The maximum absolute atomic E-state index is 12.1. The zero-order chi connectivity index (χ0) is 15.5. The summed E-state index contributed by atoms with van der Waals surface area (Å²) in [5, 5.41) is 2.94. The fourth-order valence-corrected chi connectivity index (χ4v) is 2.50. The van der Waals surface area contributed by atoms with Gasteiger partial charge < -0.3 is 5.32 Å². The molecule has 2 rings (SSSR count). The van der Waals surface area contributed by atoms with Crippen LogP contribution in [0.2, 0.25) is 0 Å². The van der Waals surface area contributed by atoms with Crippen LogP contribution in [0.1, 0.15) is 31.9 Å². The highest BCUT2D eigenvalue weighted by Crippen LogP contribution is 2.23. The van der Waals surface area contributed by atoms with Crippen LogP contribution < -0.4 is 5.32 Å². The second-order valence-corrected chi connectivity index (χ2v) is 7.00. The number of benzene rings is 2. The molecule has 2 nitrogen and oxygen atoms in total. The van der Waals surface area contributed by atoms with Crippen molar-refractivity contribution < 1.29 is 4.79 Å². The Hall–Kier alpha value is -1.61. The predicted molar refractivity (Wildman–Crippen MR) is 91.6 cm³/mol. The van der Waals surface area contributed by atoms with Crippen molar-refractivity contribution in [2.24, 2.45) is 0 Å². The van der Waals surface area contributed by atoms with Crippen LogP contribution >= 0.6 is 15.9 Å². The number of nitrogens with one attached hydrogen (secondary N) is 1. The fraction of sp³-hybridized carbons (Fsp3) is 0.278. The molecule has 0 atom stereocenters. The van der Waals surface area contributed by atoms with Gasteiger partial charge in [0, 0.05) is 10.2 Å². The van der Waals surface area contributed by atoms with Crippen LogP contribution in [0, 0.1) is 0 Å². The molecule has 0 fully saturated rings. The van der Waals surface area contributed by atoms with Gasteiger partial charge in [-0.3, -0.25) is 4.79 Å². The van der Waals surface area contributed by atoms with Crippen LogP contribution in [-0.4, -0.2) is 5.91 Å². The highest BCUT2D eigenvalue weighted by Gasteiger charge is 2.13. The summed E-state index contributed by atoms with van der Waals surface area (Å²) in [6.07, 6.45) is 0.364. The molecule has 0 bridgehead atoms. The molecular weight excluding hydrogens is 326 g/mol.